The molecule has 0 spiro atoms. The molecule has 4 atom stereocenters. The van der Waals surface area contributed by atoms with Crippen molar-refractivity contribution in [3.05, 3.63) is 29.8 Å². The molecule has 9 N–H and O–H groups in total. The van der Waals surface area contributed by atoms with E-state index < -0.39 is 47.9 Å². The lowest BCUT2D eigenvalue weighted by atomic mass is 10.0. The first-order valence-corrected chi connectivity index (χ1v) is 11.3. The first-order chi connectivity index (χ1) is 16.0. The van der Waals surface area contributed by atoms with Crippen molar-refractivity contribution >= 4 is 23.7 Å². The SMILES string of the molecule is CC(C)[C@H](N)C(=O)N[C@@H](Cc1ccc(O)cc1)C(=O)N[C@@H](C)C(=O)N[C@@H](CCCCN)C(=O)O. The summed E-state index contributed by atoms with van der Waals surface area (Å²) in [7, 11) is 0. The second-order valence-corrected chi connectivity index (χ2v) is 8.62. The van der Waals surface area contributed by atoms with Crippen LogP contribution in [-0.2, 0) is 25.6 Å². The highest BCUT2D eigenvalue weighted by Gasteiger charge is 2.29. The molecular weight excluding hydrogens is 442 g/mol. The average molecular weight is 480 g/mol. The van der Waals surface area contributed by atoms with Gasteiger partial charge in [0.15, 0.2) is 0 Å². The molecule has 0 saturated carbocycles. The molecule has 0 heterocycles. The standard InChI is InChI=1S/C23H37N5O6/c1-13(2)19(25)22(32)28-18(12-15-7-9-16(29)10-8-15)21(31)26-14(3)20(30)27-17(23(33)34)6-4-5-11-24/h7-10,13-14,17-19,29H,4-6,11-12,24-25H2,1-3H3,(H,26,31)(H,27,30)(H,28,32)(H,33,34)/t14-,17-,18-,19-/m0/s1. The molecule has 0 aliphatic carbocycles. The van der Waals surface area contributed by atoms with Crippen molar-refractivity contribution in [1.82, 2.24) is 16.0 Å². The van der Waals surface area contributed by atoms with E-state index in [1.807, 2.05) is 0 Å². The number of phenols is 1. The Bertz CT molecular complexity index is 830. The highest BCUT2D eigenvalue weighted by Crippen LogP contribution is 2.12. The molecular formula is C23H37N5O6. The molecule has 0 radical (unpaired) electrons. The van der Waals surface area contributed by atoms with Crippen LogP contribution in [0.4, 0.5) is 0 Å². The number of aromatic hydroxyl groups is 1. The van der Waals surface area contributed by atoms with Crippen molar-refractivity contribution in [3.8, 4) is 5.75 Å². The molecule has 0 aliphatic heterocycles. The van der Waals surface area contributed by atoms with Crippen molar-refractivity contribution in [3.63, 3.8) is 0 Å². The summed E-state index contributed by atoms with van der Waals surface area (Å²) in [6.45, 7) is 5.39. The maximum absolute atomic E-state index is 13.0. The number of phenolic OH excluding ortho intramolecular Hbond substituents is 1. The van der Waals surface area contributed by atoms with Gasteiger partial charge >= 0.3 is 5.97 Å². The van der Waals surface area contributed by atoms with Gasteiger partial charge in [-0.15, -0.1) is 0 Å². The minimum absolute atomic E-state index is 0.0559. The Morgan fingerprint density at radius 3 is 2.00 bits per heavy atom. The highest BCUT2D eigenvalue weighted by atomic mass is 16.4. The lowest BCUT2D eigenvalue weighted by Crippen LogP contribution is -2.57. The summed E-state index contributed by atoms with van der Waals surface area (Å²) in [5.74, 6) is -3.09. The van der Waals surface area contributed by atoms with Crippen molar-refractivity contribution in [2.45, 2.75) is 70.6 Å². The normalized spacial score (nSPS) is 14.5. The number of hydrogen-bond donors (Lipinski definition) is 7. The van der Waals surface area contributed by atoms with E-state index in [9.17, 15) is 29.4 Å². The van der Waals surface area contributed by atoms with E-state index in [-0.39, 0.29) is 24.5 Å². The van der Waals surface area contributed by atoms with Crippen molar-refractivity contribution in [2.24, 2.45) is 17.4 Å². The van der Waals surface area contributed by atoms with Gasteiger partial charge in [-0.2, -0.15) is 0 Å². The number of carboxylic acid groups (broad SMARTS) is 1. The van der Waals surface area contributed by atoms with Gasteiger partial charge in [0, 0.05) is 6.42 Å². The van der Waals surface area contributed by atoms with E-state index in [0.29, 0.717) is 24.9 Å². The Balaban J connectivity index is 2.89. The number of hydrogen-bond acceptors (Lipinski definition) is 7. The van der Waals surface area contributed by atoms with E-state index in [2.05, 4.69) is 16.0 Å². The molecule has 11 heteroatoms. The Kier molecular flexibility index (Phi) is 12.0. The summed E-state index contributed by atoms with van der Waals surface area (Å²) in [6, 6.07) is 2.10. The number of amides is 3. The first-order valence-electron chi connectivity index (χ1n) is 11.3. The van der Waals surface area contributed by atoms with Crippen LogP contribution < -0.4 is 27.4 Å². The maximum atomic E-state index is 13.0. The predicted molar refractivity (Wildman–Crippen MR) is 127 cm³/mol. The second kappa shape index (κ2) is 14.2. The summed E-state index contributed by atoms with van der Waals surface area (Å²) < 4.78 is 0. The number of nitrogens with two attached hydrogens (primary N) is 2. The van der Waals surface area contributed by atoms with E-state index in [1.165, 1.54) is 19.1 Å². The van der Waals surface area contributed by atoms with Gasteiger partial charge < -0.3 is 37.6 Å². The Hall–Kier alpha value is -3.18. The van der Waals surface area contributed by atoms with Gasteiger partial charge in [-0.25, -0.2) is 4.79 Å². The fraction of sp³-hybridized carbons (Fsp3) is 0.565. The Morgan fingerprint density at radius 1 is 0.882 bits per heavy atom. The molecule has 0 unspecified atom stereocenters. The van der Waals surface area contributed by atoms with Crippen LogP contribution in [0.1, 0.15) is 45.6 Å². The molecule has 1 rings (SSSR count). The third-order valence-electron chi connectivity index (χ3n) is 5.34. The Labute approximate surface area is 199 Å². The van der Waals surface area contributed by atoms with E-state index in [4.69, 9.17) is 11.5 Å². The van der Waals surface area contributed by atoms with Crippen molar-refractivity contribution < 1.29 is 29.4 Å². The lowest BCUT2D eigenvalue weighted by molar-refractivity contribution is -0.142. The van der Waals surface area contributed by atoms with Gasteiger partial charge in [-0.3, -0.25) is 14.4 Å². The van der Waals surface area contributed by atoms with Gasteiger partial charge in [-0.1, -0.05) is 26.0 Å². The lowest BCUT2D eigenvalue weighted by Gasteiger charge is -2.24. The third-order valence-corrected chi connectivity index (χ3v) is 5.34. The monoisotopic (exact) mass is 479 g/mol. The molecule has 0 aromatic heterocycles. The van der Waals surface area contributed by atoms with E-state index in [1.54, 1.807) is 26.0 Å². The summed E-state index contributed by atoms with van der Waals surface area (Å²) in [6.07, 6.45) is 1.47. The minimum atomic E-state index is -1.18. The molecule has 11 nitrogen and oxygen atoms in total. The largest absolute Gasteiger partial charge is 0.508 e. The third kappa shape index (κ3) is 9.75. The number of carbonyl (C=O) groups excluding carboxylic acids is 3. The van der Waals surface area contributed by atoms with Crippen LogP contribution in [0, 0.1) is 5.92 Å². The van der Waals surface area contributed by atoms with Crippen LogP contribution in [0.25, 0.3) is 0 Å². The summed E-state index contributed by atoms with van der Waals surface area (Å²) in [5.41, 5.74) is 12.0. The van der Waals surface area contributed by atoms with Crippen LogP contribution >= 0.6 is 0 Å². The molecule has 3 amide bonds. The van der Waals surface area contributed by atoms with Gasteiger partial charge in [0.1, 0.15) is 23.9 Å². The average Bonchev–Trinajstić information content (AvgIpc) is 2.78. The molecule has 0 bridgehead atoms. The van der Waals surface area contributed by atoms with Crippen molar-refractivity contribution in [1.29, 1.82) is 0 Å². The van der Waals surface area contributed by atoms with Gasteiger partial charge in [0.05, 0.1) is 6.04 Å². The van der Waals surface area contributed by atoms with Crippen LogP contribution in [0.15, 0.2) is 24.3 Å². The zero-order valence-electron chi connectivity index (χ0n) is 19.9. The summed E-state index contributed by atoms with van der Waals surface area (Å²) >= 11 is 0. The number of unbranched alkanes of at least 4 members (excludes halogenated alkanes) is 1. The number of carbonyl (C=O) groups is 4. The molecule has 0 fully saturated rings. The smallest absolute Gasteiger partial charge is 0.326 e. The van der Waals surface area contributed by atoms with Crippen LogP contribution in [-0.4, -0.2) is 64.6 Å². The first kappa shape index (κ1) is 28.9. The van der Waals surface area contributed by atoms with Crippen LogP contribution in [0.5, 0.6) is 5.75 Å². The number of nitrogens with one attached hydrogen (secondary N) is 3. The van der Waals surface area contributed by atoms with Gasteiger partial charge in [0.25, 0.3) is 0 Å². The zero-order chi connectivity index (χ0) is 25.8. The van der Waals surface area contributed by atoms with Crippen LogP contribution in [0.3, 0.4) is 0 Å². The topological polar surface area (TPSA) is 197 Å². The maximum Gasteiger partial charge on any atom is 0.326 e. The van der Waals surface area contributed by atoms with E-state index in [0.717, 1.165) is 0 Å². The molecule has 1 aromatic carbocycles. The van der Waals surface area contributed by atoms with Crippen molar-refractivity contribution in [2.75, 3.05) is 6.54 Å². The molecule has 190 valence electrons. The number of benzene rings is 1. The molecule has 0 aliphatic rings. The summed E-state index contributed by atoms with van der Waals surface area (Å²) in [4.78, 5) is 49.4. The zero-order valence-corrected chi connectivity index (χ0v) is 19.9. The quantitative estimate of drug-likeness (QED) is 0.175. The molecule has 34 heavy (non-hydrogen) atoms. The number of aliphatic carboxylic acids is 1. The minimum Gasteiger partial charge on any atom is -0.508 e. The predicted octanol–water partition coefficient (Wildman–Crippen LogP) is -0.394. The van der Waals surface area contributed by atoms with E-state index >= 15 is 0 Å². The van der Waals surface area contributed by atoms with Gasteiger partial charge in [-0.05, 0) is 56.3 Å². The second-order valence-electron chi connectivity index (χ2n) is 8.62. The summed E-state index contributed by atoms with van der Waals surface area (Å²) in [5, 5.41) is 26.4. The van der Waals surface area contributed by atoms with Gasteiger partial charge in [0.2, 0.25) is 17.7 Å². The van der Waals surface area contributed by atoms with Crippen LogP contribution in [0.2, 0.25) is 0 Å². The Morgan fingerprint density at radius 2 is 1.47 bits per heavy atom. The fourth-order valence-corrected chi connectivity index (χ4v) is 3.07. The molecule has 0 saturated heterocycles. The fourth-order valence-electron chi connectivity index (χ4n) is 3.07. The highest BCUT2D eigenvalue weighted by molar-refractivity contribution is 5.94. The number of carboxylic acids is 1. The number of rotatable bonds is 14. The molecule has 1 aromatic rings.